The van der Waals surface area contributed by atoms with Crippen LogP contribution >= 0.6 is 0 Å². The van der Waals surface area contributed by atoms with Gasteiger partial charge < -0.3 is 5.32 Å². The van der Waals surface area contributed by atoms with Crippen LogP contribution in [0.3, 0.4) is 0 Å². The van der Waals surface area contributed by atoms with Gasteiger partial charge in [-0.1, -0.05) is 51.9 Å². The lowest BCUT2D eigenvalue weighted by atomic mass is 10.1. The van der Waals surface area contributed by atoms with Crippen molar-refractivity contribution in [2.24, 2.45) is 7.05 Å². The number of hydrogen-bond acceptors (Lipinski definition) is 2. The molecule has 3 heteroatoms. The molecule has 1 aromatic heterocycles. The minimum Gasteiger partial charge on any atom is -0.310 e. The Kier molecular flexibility index (Phi) is 8.67. The van der Waals surface area contributed by atoms with Gasteiger partial charge in [0.25, 0.3) is 0 Å². The molecule has 0 radical (unpaired) electrons. The molecule has 0 fully saturated rings. The molecule has 0 aromatic carbocycles. The lowest BCUT2D eigenvalue weighted by Crippen LogP contribution is -2.21. The Hall–Kier alpha value is -0.830. The molecule has 0 amide bonds. The van der Waals surface area contributed by atoms with E-state index in [1.165, 1.54) is 62.6 Å². The molecular weight excluding hydrogens is 258 g/mol. The van der Waals surface area contributed by atoms with Gasteiger partial charge in [-0.2, -0.15) is 5.10 Å². The van der Waals surface area contributed by atoms with Crippen molar-refractivity contribution < 1.29 is 0 Å². The van der Waals surface area contributed by atoms with Crippen molar-refractivity contribution in [2.75, 3.05) is 6.54 Å². The quantitative estimate of drug-likeness (QED) is 0.592. The smallest absolute Gasteiger partial charge is 0.0644 e. The monoisotopic (exact) mass is 293 g/mol. The summed E-state index contributed by atoms with van der Waals surface area (Å²) in [6, 6.07) is 0.406. The maximum atomic E-state index is 4.50. The summed E-state index contributed by atoms with van der Waals surface area (Å²) in [6.45, 7) is 9.91. The van der Waals surface area contributed by atoms with E-state index in [1.807, 2.05) is 11.7 Å². The standard InChI is InChI=1S/C18H35N3/c1-6-7-8-9-10-11-12-13-14-19-15(2)18-16(3)20-21(5)17(18)4/h15,19H,6-14H2,1-5H3. The van der Waals surface area contributed by atoms with Crippen molar-refractivity contribution in [3.8, 4) is 0 Å². The number of nitrogens with zero attached hydrogens (tertiary/aromatic N) is 2. The van der Waals surface area contributed by atoms with E-state index in [2.05, 4.69) is 38.1 Å². The Morgan fingerprint density at radius 2 is 1.57 bits per heavy atom. The Labute approximate surface area is 131 Å². The average molecular weight is 293 g/mol. The molecule has 0 bridgehead atoms. The summed E-state index contributed by atoms with van der Waals surface area (Å²) in [7, 11) is 2.02. The molecule has 0 aliphatic carbocycles. The zero-order valence-electron chi connectivity index (χ0n) is 14.8. The van der Waals surface area contributed by atoms with Gasteiger partial charge in [0.15, 0.2) is 0 Å². The van der Waals surface area contributed by atoms with Crippen LogP contribution in [-0.2, 0) is 7.05 Å². The largest absolute Gasteiger partial charge is 0.310 e. The minimum absolute atomic E-state index is 0.406. The van der Waals surface area contributed by atoms with E-state index < -0.39 is 0 Å². The summed E-state index contributed by atoms with van der Waals surface area (Å²) >= 11 is 0. The van der Waals surface area contributed by atoms with Gasteiger partial charge >= 0.3 is 0 Å². The molecule has 1 rings (SSSR count). The fraction of sp³-hybridized carbons (Fsp3) is 0.833. The Morgan fingerprint density at radius 1 is 1.00 bits per heavy atom. The summed E-state index contributed by atoms with van der Waals surface area (Å²) in [5.41, 5.74) is 3.81. The third-order valence-electron chi connectivity index (χ3n) is 4.48. The zero-order valence-corrected chi connectivity index (χ0v) is 14.8. The second-order valence-corrected chi connectivity index (χ2v) is 6.36. The van der Waals surface area contributed by atoms with E-state index in [0.717, 1.165) is 12.2 Å². The molecule has 0 saturated carbocycles. The molecular formula is C18H35N3. The molecule has 1 N–H and O–H groups in total. The van der Waals surface area contributed by atoms with E-state index in [-0.39, 0.29) is 0 Å². The maximum absolute atomic E-state index is 4.50. The van der Waals surface area contributed by atoms with Gasteiger partial charge in [0.05, 0.1) is 5.69 Å². The maximum Gasteiger partial charge on any atom is 0.0644 e. The average Bonchev–Trinajstić information content (AvgIpc) is 2.70. The number of rotatable bonds is 11. The molecule has 21 heavy (non-hydrogen) atoms. The molecule has 0 aliphatic heterocycles. The Balaban J connectivity index is 2.12. The third kappa shape index (κ3) is 6.21. The summed E-state index contributed by atoms with van der Waals surface area (Å²) in [5.74, 6) is 0. The first-order chi connectivity index (χ1) is 10.1. The zero-order chi connectivity index (χ0) is 15.7. The third-order valence-corrected chi connectivity index (χ3v) is 4.48. The highest BCUT2D eigenvalue weighted by Crippen LogP contribution is 2.20. The Morgan fingerprint density at radius 3 is 2.10 bits per heavy atom. The summed E-state index contributed by atoms with van der Waals surface area (Å²) in [5, 5.41) is 8.15. The van der Waals surface area contributed by atoms with Gasteiger partial charge in [-0.05, 0) is 33.7 Å². The van der Waals surface area contributed by atoms with Crippen LogP contribution in [0.1, 0.15) is 88.2 Å². The van der Waals surface area contributed by atoms with Gasteiger partial charge in [0.2, 0.25) is 0 Å². The van der Waals surface area contributed by atoms with E-state index >= 15 is 0 Å². The molecule has 1 unspecified atom stereocenters. The van der Waals surface area contributed by atoms with Gasteiger partial charge in [-0.15, -0.1) is 0 Å². The van der Waals surface area contributed by atoms with E-state index in [4.69, 9.17) is 0 Å². The van der Waals surface area contributed by atoms with Crippen LogP contribution in [-0.4, -0.2) is 16.3 Å². The highest BCUT2D eigenvalue weighted by molar-refractivity contribution is 5.27. The molecule has 1 atom stereocenters. The van der Waals surface area contributed by atoms with Crippen molar-refractivity contribution in [2.45, 2.75) is 85.1 Å². The summed E-state index contributed by atoms with van der Waals surface area (Å²) < 4.78 is 1.99. The van der Waals surface area contributed by atoms with Gasteiger partial charge in [-0.3, -0.25) is 4.68 Å². The van der Waals surface area contributed by atoms with Crippen LogP contribution in [0.5, 0.6) is 0 Å². The van der Waals surface area contributed by atoms with Crippen LogP contribution in [0.15, 0.2) is 0 Å². The number of unbranched alkanes of at least 4 members (excludes halogenated alkanes) is 7. The number of hydrogen-bond donors (Lipinski definition) is 1. The van der Waals surface area contributed by atoms with Gasteiger partial charge in [-0.25, -0.2) is 0 Å². The van der Waals surface area contributed by atoms with Crippen LogP contribution in [0.2, 0.25) is 0 Å². The van der Waals surface area contributed by atoms with Crippen LogP contribution in [0.25, 0.3) is 0 Å². The SMILES string of the molecule is CCCCCCCCCCNC(C)c1c(C)nn(C)c1C. The second-order valence-electron chi connectivity index (χ2n) is 6.36. The van der Waals surface area contributed by atoms with E-state index in [1.54, 1.807) is 0 Å². The highest BCUT2D eigenvalue weighted by atomic mass is 15.3. The first kappa shape index (κ1) is 18.2. The number of aryl methyl sites for hydroxylation is 2. The van der Waals surface area contributed by atoms with Crippen molar-refractivity contribution in [1.82, 2.24) is 15.1 Å². The van der Waals surface area contributed by atoms with Crippen LogP contribution < -0.4 is 5.32 Å². The number of nitrogens with one attached hydrogen (secondary N) is 1. The molecule has 0 aliphatic rings. The van der Waals surface area contributed by atoms with Crippen molar-refractivity contribution in [3.05, 3.63) is 17.0 Å². The normalized spacial score (nSPS) is 12.8. The Bertz CT molecular complexity index is 395. The summed E-state index contributed by atoms with van der Waals surface area (Å²) in [4.78, 5) is 0. The minimum atomic E-state index is 0.406. The molecule has 1 aromatic rings. The highest BCUT2D eigenvalue weighted by Gasteiger charge is 2.15. The first-order valence-corrected chi connectivity index (χ1v) is 8.81. The van der Waals surface area contributed by atoms with Crippen molar-refractivity contribution >= 4 is 0 Å². The molecule has 0 spiro atoms. The number of aromatic nitrogens is 2. The summed E-state index contributed by atoms with van der Waals surface area (Å²) in [6.07, 6.45) is 11.0. The topological polar surface area (TPSA) is 29.9 Å². The molecule has 122 valence electrons. The molecule has 1 heterocycles. The second kappa shape index (κ2) is 9.99. The lowest BCUT2D eigenvalue weighted by molar-refractivity contribution is 0.519. The molecule has 0 saturated heterocycles. The van der Waals surface area contributed by atoms with Gasteiger partial charge in [0.1, 0.15) is 0 Å². The first-order valence-electron chi connectivity index (χ1n) is 8.81. The van der Waals surface area contributed by atoms with E-state index in [0.29, 0.717) is 6.04 Å². The van der Waals surface area contributed by atoms with Crippen LogP contribution in [0.4, 0.5) is 0 Å². The van der Waals surface area contributed by atoms with Crippen molar-refractivity contribution in [3.63, 3.8) is 0 Å². The predicted octanol–water partition coefficient (Wildman–Crippen LogP) is 4.83. The molecule has 3 nitrogen and oxygen atoms in total. The lowest BCUT2D eigenvalue weighted by Gasteiger charge is -2.14. The van der Waals surface area contributed by atoms with Gasteiger partial charge in [0, 0.05) is 24.3 Å². The predicted molar refractivity (Wildman–Crippen MR) is 91.7 cm³/mol. The fourth-order valence-electron chi connectivity index (χ4n) is 3.10. The van der Waals surface area contributed by atoms with E-state index in [9.17, 15) is 0 Å². The van der Waals surface area contributed by atoms with Crippen LogP contribution in [0, 0.1) is 13.8 Å². The van der Waals surface area contributed by atoms with Crippen molar-refractivity contribution in [1.29, 1.82) is 0 Å². The fourth-order valence-corrected chi connectivity index (χ4v) is 3.10.